The average molecular weight is 662 g/mol. The van der Waals surface area contributed by atoms with Crippen LogP contribution >= 0.6 is 0 Å². The number of aliphatic hydroxyl groups excluding tert-OH is 1. The van der Waals surface area contributed by atoms with E-state index >= 15 is 0 Å². The molecule has 46 heavy (non-hydrogen) atoms. The monoisotopic (exact) mass is 661 g/mol. The second-order valence-electron chi connectivity index (χ2n) is 10.1. The summed E-state index contributed by atoms with van der Waals surface area (Å²) in [6.07, 6.45) is -18.2. The van der Waals surface area contributed by atoms with Gasteiger partial charge in [0, 0.05) is 0 Å². The summed E-state index contributed by atoms with van der Waals surface area (Å²) >= 11 is 0. The summed E-state index contributed by atoms with van der Waals surface area (Å²) in [5, 5.41) is 13.2. The van der Waals surface area contributed by atoms with Crippen LogP contribution in [0.2, 0.25) is 0 Å². The maximum atomic E-state index is 13.7. The van der Waals surface area contributed by atoms with Crippen LogP contribution in [0.5, 0.6) is 11.5 Å². The number of halogens is 10. The fourth-order valence-corrected chi connectivity index (χ4v) is 4.52. The van der Waals surface area contributed by atoms with Crippen LogP contribution < -0.4 is 14.8 Å². The van der Waals surface area contributed by atoms with Crippen LogP contribution in [0.4, 0.5) is 43.9 Å². The van der Waals surface area contributed by atoms with Crippen molar-refractivity contribution in [2.24, 2.45) is 0 Å². The topological polar surface area (TPSA) is 50.7 Å². The van der Waals surface area contributed by atoms with E-state index in [9.17, 15) is 49.0 Å². The number of benzene rings is 4. The third kappa shape index (κ3) is 8.91. The average Bonchev–Trinajstić information content (AvgIpc) is 3.00. The van der Waals surface area contributed by atoms with Gasteiger partial charge >= 0.3 is 24.9 Å². The Balaban J connectivity index is 1.69. The van der Waals surface area contributed by atoms with Crippen LogP contribution in [0.1, 0.15) is 45.5 Å². The van der Waals surface area contributed by atoms with Gasteiger partial charge in [-0.3, -0.25) is 5.32 Å². The predicted octanol–water partition coefficient (Wildman–Crippen LogP) is 8.95. The zero-order valence-corrected chi connectivity index (χ0v) is 23.4. The Hall–Kier alpha value is -4.30. The van der Waals surface area contributed by atoms with Crippen molar-refractivity contribution in [3.05, 3.63) is 130 Å². The first-order chi connectivity index (χ1) is 21.6. The van der Waals surface area contributed by atoms with Crippen molar-refractivity contribution in [3.8, 4) is 11.5 Å². The second kappa shape index (κ2) is 14.0. The molecule has 2 unspecified atom stereocenters. The fraction of sp³-hybridized carbons (Fsp3) is 0.250. The van der Waals surface area contributed by atoms with E-state index in [0.717, 1.165) is 42.5 Å². The summed E-state index contributed by atoms with van der Waals surface area (Å²) < 4.78 is 142. The molecule has 0 heterocycles. The van der Waals surface area contributed by atoms with Gasteiger partial charge in [-0.05, 0) is 70.8 Å². The lowest BCUT2D eigenvalue weighted by atomic mass is 9.95. The molecule has 0 radical (unpaired) electrons. The maximum absolute atomic E-state index is 13.7. The molecule has 0 aliphatic rings. The van der Waals surface area contributed by atoms with Gasteiger partial charge in [0.1, 0.15) is 18.1 Å². The standard InChI is InChI=1S/C32H25F10NO3/c33-29(34)32(41,42)46-26-12-4-8-22(16-26)28(43-27(17-44)20-6-2-10-24(14-20)31(38,39)40)21-7-3-11-25(15-21)45-18-19-5-1-9-23(13-19)30(35,36)37/h1-16,27-29,43-44H,17-18H2. The van der Waals surface area contributed by atoms with Gasteiger partial charge < -0.3 is 14.6 Å². The molecule has 0 fully saturated rings. The third-order valence-corrected chi connectivity index (χ3v) is 6.72. The van der Waals surface area contributed by atoms with Crippen LogP contribution in [0, 0.1) is 0 Å². The number of ether oxygens (including phenoxy) is 2. The zero-order chi connectivity index (χ0) is 33.7. The Morgan fingerprint density at radius 1 is 0.630 bits per heavy atom. The van der Waals surface area contributed by atoms with E-state index in [1.807, 2.05) is 0 Å². The molecule has 4 nitrogen and oxygen atoms in total. The summed E-state index contributed by atoms with van der Waals surface area (Å²) in [4.78, 5) is 0. The van der Waals surface area contributed by atoms with Crippen molar-refractivity contribution in [2.75, 3.05) is 6.61 Å². The van der Waals surface area contributed by atoms with Crippen LogP contribution in [-0.2, 0) is 19.0 Å². The van der Waals surface area contributed by atoms with Crippen LogP contribution in [0.3, 0.4) is 0 Å². The highest BCUT2D eigenvalue weighted by molar-refractivity contribution is 5.41. The minimum atomic E-state index is -4.83. The first-order valence-electron chi connectivity index (χ1n) is 13.4. The molecule has 0 bridgehead atoms. The molecule has 0 saturated carbocycles. The summed E-state index contributed by atoms with van der Waals surface area (Å²) in [5.74, 6) is -0.496. The van der Waals surface area contributed by atoms with Crippen molar-refractivity contribution in [3.63, 3.8) is 0 Å². The molecule has 0 spiro atoms. The van der Waals surface area contributed by atoms with E-state index in [0.29, 0.717) is 5.56 Å². The normalized spacial score (nSPS) is 13.8. The highest BCUT2D eigenvalue weighted by Gasteiger charge is 2.44. The molecule has 0 saturated heterocycles. The Morgan fingerprint density at radius 2 is 1.15 bits per heavy atom. The fourth-order valence-electron chi connectivity index (χ4n) is 4.52. The summed E-state index contributed by atoms with van der Waals surface area (Å²) in [6, 6.07) is 16.9. The first kappa shape index (κ1) is 34.6. The molecular weight excluding hydrogens is 636 g/mol. The number of rotatable bonds is 12. The Morgan fingerprint density at radius 3 is 1.74 bits per heavy atom. The minimum Gasteiger partial charge on any atom is -0.489 e. The quantitative estimate of drug-likeness (QED) is 0.149. The first-order valence-corrected chi connectivity index (χ1v) is 13.4. The van der Waals surface area contributed by atoms with Gasteiger partial charge in [-0.2, -0.15) is 43.9 Å². The van der Waals surface area contributed by atoms with E-state index in [4.69, 9.17) is 4.74 Å². The van der Waals surface area contributed by atoms with Crippen molar-refractivity contribution in [1.82, 2.24) is 5.32 Å². The zero-order valence-electron chi connectivity index (χ0n) is 23.4. The largest absolute Gasteiger partial charge is 0.489 e. The van der Waals surface area contributed by atoms with Crippen LogP contribution in [0.25, 0.3) is 0 Å². The lowest BCUT2D eigenvalue weighted by Gasteiger charge is -2.27. The Kier molecular flexibility index (Phi) is 10.5. The number of alkyl halides is 10. The smallest absolute Gasteiger partial charge is 0.461 e. The highest BCUT2D eigenvalue weighted by Crippen LogP contribution is 2.35. The van der Waals surface area contributed by atoms with Crippen LogP contribution in [-0.4, -0.2) is 24.2 Å². The van der Waals surface area contributed by atoms with E-state index in [1.165, 1.54) is 54.6 Å². The molecule has 246 valence electrons. The molecule has 0 aliphatic carbocycles. The molecule has 2 atom stereocenters. The van der Waals surface area contributed by atoms with Crippen molar-refractivity contribution in [1.29, 1.82) is 0 Å². The van der Waals surface area contributed by atoms with Gasteiger partial charge in [0.25, 0.3) is 0 Å². The van der Waals surface area contributed by atoms with E-state index in [-0.39, 0.29) is 29.0 Å². The Labute approximate surface area is 256 Å². The SMILES string of the molecule is OCC(NC(c1cccc(OCc2cccc(C(F)(F)F)c2)c1)c1cccc(OC(F)(F)C(F)F)c1)c1cccc(C(F)(F)F)c1. The molecule has 2 N–H and O–H groups in total. The molecule has 4 rings (SSSR count). The van der Waals surface area contributed by atoms with E-state index < -0.39 is 60.5 Å². The van der Waals surface area contributed by atoms with Crippen LogP contribution in [0.15, 0.2) is 97.1 Å². The summed E-state index contributed by atoms with van der Waals surface area (Å²) in [5.41, 5.74) is -1.21. The second-order valence-corrected chi connectivity index (χ2v) is 10.1. The van der Waals surface area contributed by atoms with Gasteiger partial charge in [-0.15, -0.1) is 0 Å². The molecule has 0 aliphatic heterocycles. The molecule has 0 aromatic heterocycles. The number of hydrogen-bond donors (Lipinski definition) is 2. The summed E-state index contributed by atoms with van der Waals surface area (Å²) in [6.45, 7) is -0.996. The number of aliphatic hydroxyl groups is 1. The lowest BCUT2D eigenvalue weighted by Crippen LogP contribution is -2.33. The van der Waals surface area contributed by atoms with Crippen molar-refractivity contribution in [2.45, 2.75) is 43.6 Å². The van der Waals surface area contributed by atoms with Gasteiger partial charge in [0.05, 0.1) is 29.8 Å². The number of hydrogen-bond acceptors (Lipinski definition) is 4. The Bertz CT molecular complexity index is 1610. The van der Waals surface area contributed by atoms with Crippen molar-refractivity contribution < 1.29 is 58.5 Å². The molecular formula is C32H25F10NO3. The molecule has 4 aromatic carbocycles. The van der Waals surface area contributed by atoms with Gasteiger partial charge in [0.2, 0.25) is 0 Å². The summed E-state index contributed by atoms with van der Waals surface area (Å²) in [7, 11) is 0. The van der Waals surface area contributed by atoms with E-state index in [2.05, 4.69) is 10.1 Å². The van der Waals surface area contributed by atoms with Gasteiger partial charge in [-0.1, -0.05) is 48.5 Å². The minimum absolute atomic E-state index is 0.0240. The molecule has 4 aromatic rings. The maximum Gasteiger partial charge on any atom is 0.461 e. The predicted molar refractivity (Wildman–Crippen MR) is 146 cm³/mol. The van der Waals surface area contributed by atoms with Gasteiger partial charge in [-0.25, -0.2) is 0 Å². The van der Waals surface area contributed by atoms with Gasteiger partial charge in [0.15, 0.2) is 0 Å². The highest BCUT2D eigenvalue weighted by atomic mass is 19.4. The number of nitrogens with one attached hydrogen (secondary N) is 1. The lowest BCUT2D eigenvalue weighted by molar-refractivity contribution is -0.253. The van der Waals surface area contributed by atoms with E-state index in [1.54, 1.807) is 0 Å². The molecule has 14 heteroatoms. The third-order valence-electron chi connectivity index (χ3n) is 6.72. The van der Waals surface area contributed by atoms with Crippen molar-refractivity contribution >= 4 is 0 Å². The molecule has 0 amide bonds.